The van der Waals surface area contributed by atoms with Gasteiger partial charge in [-0.15, -0.1) is 0 Å². The molecule has 0 radical (unpaired) electrons. The van der Waals surface area contributed by atoms with Crippen LogP contribution in [0.3, 0.4) is 0 Å². The molecule has 0 aromatic carbocycles. The van der Waals surface area contributed by atoms with Crippen LogP contribution in [-0.2, 0) is 4.79 Å². The summed E-state index contributed by atoms with van der Waals surface area (Å²) in [6, 6.07) is 0.0972. The number of carbonyl (C=O) groups is 1. The SMILES string of the molecule is CCCC1NNC1=O. The minimum Gasteiger partial charge on any atom is -0.289 e. The Kier molecular flexibility index (Phi) is 1.48. The summed E-state index contributed by atoms with van der Waals surface area (Å²) in [7, 11) is 0. The maximum absolute atomic E-state index is 10.4. The van der Waals surface area contributed by atoms with Crippen molar-refractivity contribution in [2.75, 3.05) is 0 Å². The molecule has 1 saturated heterocycles. The first-order valence-electron chi connectivity index (χ1n) is 2.90. The zero-order chi connectivity index (χ0) is 5.98. The first kappa shape index (κ1) is 5.56. The molecule has 1 unspecified atom stereocenters. The van der Waals surface area contributed by atoms with Crippen LogP contribution in [-0.4, -0.2) is 11.9 Å². The van der Waals surface area contributed by atoms with Crippen molar-refractivity contribution in [2.24, 2.45) is 0 Å². The lowest BCUT2D eigenvalue weighted by molar-refractivity contribution is -0.132. The summed E-state index contributed by atoms with van der Waals surface area (Å²) in [4.78, 5) is 10.4. The monoisotopic (exact) mass is 114 g/mol. The number of rotatable bonds is 2. The Morgan fingerprint density at radius 1 is 1.75 bits per heavy atom. The highest BCUT2D eigenvalue weighted by Crippen LogP contribution is 1.99. The maximum atomic E-state index is 10.4. The van der Waals surface area contributed by atoms with Gasteiger partial charge in [0.15, 0.2) is 0 Å². The molecule has 0 bridgehead atoms. The fourth-order valence-corrected chi connectivity index (χ4v) is 0.725. The van der Waals surface area contributed by atoms with Crippen molar-refractivity contribution < 1.29 is 4.79 Å². The smallest absolute Gasteiger partial charge is 0.253 e. The van der Waals surface area contributed by atoms with Crippen LogP contribution in [0.25, 0.3) is 0 Å². The highest BCUT2D eigenvalue weighted by atomic mass is 16.2. The lowest BCUT2D eigenvalue weighted by Gasteiger charge is -2.26. The van der Waals surface area contributed by atoms with Crippen LogP contribution in [0.4, 0.5) is 0 Å². The van der Waals surface area contributed by atoms with Crippen molar-refractivity contribution >= 4 is 5.91 Å². The second-order valence-electron chi connectivity index (χ2n) is 1.97. The third kappa shape index (κ3) is 0.816. The Hall–Kier alpha value is -0.570. The van der Waals surface area contributed by atoms with E-state index in [0.29, 0.717) is 0 Å². The molecule has 1 heterocycles. The molecule has 0 saturated carbocycles. The van der Waals surface area contributed by atoms with Gasteiger partial charge in [0.25, 0.3) is 5.91 Å². The van der Waals surface area contributed by atoms with Crippen molar-refractivity contribution in [3.05, 3.63) is 0 Å². The van der Waals surface area contributed by atoms with Crippen molar-refractivity contribution in [1.82, 2.24) is 10.9 Å². The molecule has 1 atom stereocenters. The number of amides is 1. The number of hydrogen-bond donors (Lipinski definition) is 2. The Bertz CT molecular complexity index is 103. The molecule has 8 heavy (non-hydrogen) atoms. The lowest BCUT2D eigenvalue weighted by Crippen LogP contribution is -2.63. The van der Waals surface area contributed by atoms with Gasteiger partial charge in [-0.25, -0.2) is 5.43 Å². The van der Waals surface area contributed by atoms with E-state index in [-0.39, 0.29) is 11.9 Å². The van der Waals surface area contributed by atoms with E-state index in [1.54, 1.807) is 0 Å². The molecular weight excluding hydrogens is 104 g/mol. The summed E-state index contributed by atoms with van der Waals surface area (Å²) < 4.78 is 0. The van der Waals surface area contributed by atoms with E-state index in [1.807, 2.05) is 0 Å². The first-order chi connectivity index (χ1) is 3.84. The number of nitrogens with one attached hydrogen (secondary N) is 2. The van der Waals surface area contributed by atoms with Crippen LogP contribution in [0.1, 0.15) is 19.8 Å². The summed E-state index contributed by atoms with van der Waals surface area (Å²) in [6.45, 7) is 2.06. The van der Waals surface area contributed by atoms with Gasteiger partial charge in [0, 0.05) is 0 Å². The molecule has 3 heteroatoms. The Balaban J connectivity index is 2.17. The van der Waals surface area contributed by atoms with E-state index >= 15 is 0 Å². The van der Waals surface area contributed by atoms with E-state index in [1.165, 1.54) is 0 Å². The quantitative estimate of drug-likeness (QED) is 0.521. The molecular formula is C5H10N2O. The van der Waals surface area contributed by atoms with Crippen LogP contribution in [0, 0.1) is 0 Å². The average molecular weight is 114 g/mol. The largest absolute Gasteiger partial charge is 0.289 e. The molecule has 3 nitrogen and oxygen atoms in total. The molecule has 2 N–H and O–H groups in total. The van der Waals surface area contributed by atoms with Crippen LogP contribution < -0.4 is 10.9 Å². The van der Waals surface area contributed by atoms with Crippen LogP contribution in [0.15, 0.2) is 0 Å². The maximum Gasteiger partial charge on any atom is 0.253 e. The minimum atomic E-state index is 0.0972. The van der Waals surface area contributed by atoms with E-state index in [9.17, 15) is 4.79 Å². The second-order valence-corrected chi connectivity index (χ2v) is 1.97. The first-order valence-corrected chi connectivity index (χ1v) is 2.90. The van der Waals surface area contributed by atoms with Crippen molar-refractivity contribution in [3.63, 3.8) is 0 Å². The van der Waals surface area contributed by atoms with E-state index in [2.05, 4.69) is 17.8 Å². The van der Waals surface area contributed by atoms with Crippen molar-refractivity contribution in [3.8, 4) is 0 Å². The fraction of sp³-hybridized carbons (Fsp3) is 0.800. The highest BCUT2D eigenvalue weighted by molar-refractivity contribution is 5.85. The van der Waals surface area contributed by atoms with Gasteiger partial charge in [-0.05, 0) is 6.42 Å². The van der Waals surface area contributed by atoms with Crippen LogP contribution in [0.2, 0.25) is 0 Å². The van der Waals surface area contributed by atoms with Gasteiger partial charge in [0.1, 0.15) is 6.04 Å². The zero-order valence-electron chi connectivity index (χ0n) is 4.90. The number of hydrazine groups is 1. The van der Waals surface area contributed by atoms with Crippen molar-refractivity contribution in [1.29, 1.82) is 0 Å². The summed E-state index contributed by atoms with van der Waals surface area (Å²) in [6.07, 6.45) is 2.01. The van der Waals surface area contributed by atoms with Gasteiger partial charge in [0.05, 0.1) is 0 Å². The Labute approximate surface area is 48.4 Å². The van der Waals surface area contributed by atoms with Gasteiger partial charge < -0.3 is 0 Å². The molecule has 0 spiro atoms. The summed E-state index contributed by atoms with van der Waals surface area (Å²) in [5.41, 5.74) is 5.25. The van der Waals surface area contributed by atoms with Gasteiger partial charge in [-0.1, -0.05) is 13.3 Å². The van der Waals surface area contributed by atoms with E-state index < -0.39 is 0 Å². The highest BCUT2D eigenvalue weighted by Gasteiger charge is 2.24. The minimum absolute atomic E-state index is 0.0972. The summed E-state index contributed by atoms with van der Waals surface area (Å²) >= 11 is 0. The molecule has 1 aliphatic heterocycles. The lowest BCUT2D eigenvalue weighted by atomic mass is 10.1. The number of carbonyl (C=O) groups excluding carboxylic acids is 1. The molecule has 46 valence electrons. The third-order valence-electron chi connectivity index (χ3n) is 1.26. The molecule has 1 fully saturated rings. The predicted octanol–water partition coefficient (Wildman–Crippen LogP) is -0.211. The molecule has 0 aromatic heterocycles. The zero-order valence-corrected chi connectivity index (χ0v) is 4.90. The normalized spacial score (nSPS) is 26.6. The van der Waals surface area contributed by atoms with Crippen molar-refractivity contribution in [2.45, 2.75) is 25.8 Å². The average Bonchev–Trinajstić information content (AvgIpc) is 1.79. The molecule has 1 amide bonds. The summed E-state index contributed by atoms with van der Waals surface area (Å²) in [5.74, 6) is 0.131. The fourth-order valence-electron chi connectivity index (χ4n) is 0.725. The van der Waals surface area contributed by atoms with E-state index in [4.69, 9.17) is 0 Å². The molecule has 0 aromatic rings. The molecule has 1 aliphatic rings. The van der Waals surface area contributed by atoms with Gasteiger partial charge >= 0.3 is 0 Å². The van der Waals surface area contributed by atoms with E-state index in [0.717, 1.165) is 12.8 Å². The Morgan fingerprint density at radius 3 is 2.62 bits per heavy atom. The standard InChI is InChI=1S/C5H10N2O/c1-2-3-4-5(8)7-6-4/h4,6H,2-3H2,1H3,(H,7,8). The van der Waals surface area contributed by atoms with Gasteiger partial charge in [0.2, 0.25) is 0 Å². The third-order valence-corrected chi connectivity index (χ3v) is 1.26. The number of hydrogen-bond acceptors (Lipinski definition) is 2. The molecule has 1 rings (SSSR count). The van der Waals surface area contributed by atoms with Gasteiger partial charge in [-0.3, -0.25) is 10.2 Å². The predicted molar refractivity (Wildman–Crippen MR) is 30.0 cm³/mol. The molecule has 0 aliphatic carbocycles. The van der Waals surface area contributed by atoms with Gasteiger partial charge in [-0.2, -0.15) is 0 Å². The van der Waals surface area contributed by atoms with Crippen LogP contribution >= 0.6 is 0 Å². The second kappa shape index (κ2) is 2.13. The Morgan fingerprint density at radius 2 is 2.50 bits per heavy atom. The topological polar surface area (TPSA) is 41.1 Å². The summed E-state index contributed by atoms with van der Waals surface area (Å²) in [5, 5.41) is 0. The van der Waals surface area contributed by atoms with Crippen LogP contribution in [0.5, 0.6) is 0 Å².